The fourth-order valence-corrected chi connectivity index (χ4v) is 4.72. The van der Waals surface area contributed by atoms with Crippen molar-refractivity contribution < 1.29 is 29.0 Å². The first-order valence-corrected chi connectivity index (χ1v) is 7.11. The van der Waals surface area contributed by atoms with Crippen LogP contribution in [-0.4, -0.2) is 41.1 Å². The number of carbonyl (C=O) groups is 3. The second-order valence-corrected chi connectivity index (χ2v) is 6.87. The number of hydrogen-bond donors (Lipinski definition) is 1. The Bertz CT molecular complexity index is 636. The molecule has 6 heteroatoms. The average Bonchev–Trinajstić information content (AvgIpc) is 2.81. The van der Waals surface area contributed by atoms with Crippen molar-refractivity contribution in [2.24, 2.45) is 16.7 Å². The number of rotatable bonds is 0. The van der Waals surface area contributed by atoms with Gasteiger partial charge in [-0.15, -0.1) is 0 Å². The number of esters is 2. The van der Waals surface area contributed by atoms with Crippen LogP contribution in [0.1, 0.15) is 26.7 Å². The zero-order valence-electron chi connectivity index (χ0n) is 11.8. The van der Waals surface area contributed by atoms with E-state index >= 15 is 0 Å². The van der Waals surface area contributed by atoms with E-state index in [9.17, 15) is 19.5 Å². The molecular weight excluding hydrogens is 276 g/mol. The normalized spacial score (nSPS) is 51.0. The van der Waals surface area contributed by atoms with E-state index in [0.29, 0.717) is 12.0 Å². The summed E-state index contributed by atoms with van der Waals surface area (Å²) < 4.78 is 10.4. The lowest BCUT2D eigenvalue weighted by Crippen LogP contribution is -2.67. The van der Waals surface area contributed by atoms with Crippen molar-refractivity contribution in [2.45, 2.75) is 38.4 Å². The molecule has 2 heterocycles. The third-order valence-electron chi connectivity index (χ3n) is 6.07. The largest absolute Gasteiger partial charge is 0.462 e. The number of carbonyl (C=O) groups excluding carboxylic acids is 3. The smallest absolute Gasteiger partial charge is 0.343 e. The van der Waals surface area contributed by atoms with Crippen molar-refractivity contribution >= 4 is 17.7 Å². The molecule has 4 rings (SSSR count). The van der Waals surface area contributed by atoms with E-state index < -0.39 is 34.5 Å². The molecule has 21 heavy (non-hydrogen) atoms. The van der Waals surface area contributed by atoms with Crippen LogP contribution in [0, 0.1) is 16.7 Å². The Morgan fingerprint density at radius 1 is 1.33 bits per heavy atom. The molecule has 1 spiro atoms. The lowest BCUT2D eigenvalue weighted by Gasteiger charge is -2.56. The van der Waals surface area contributed by atoms with Crippen molar-refractivity contribution in [3.63, 3.8) is 0 Å². The van der Waals surface area contributed by atoms with E-state index in [4.69, 9.17) is 9.47 Å². The molecule has 0 aromatic rings. The molecule has 1 saturated carbocycles. The third kappa shape index (κ3) is 1.14. The third-order valence-corrected chi connectivity index (χ3v) is 6.07. The minimum Gasteiger partial charge on any atom is -0.462 e. The van der Waals surface area contributed by atoms with Gasteiger partial charge in [0.2, 0.25) is 5.60 Å². The van der Waals surface area contributed by atoms with Crippen LogP contribution in [0.2, 0.25) is 0 Å². The van der Waals surface area contributed by atoms with Gasteiger partial charge in [-0.1, -0.05) is 6.92 Å². The number of aliphatic hydroxyl groups is 1. The van der Waals surface area contributed by atoms with Gasteiger partial charge in [0.25, 0.3) is 0 Å². The summed E-state index contributed by atoms with van der Waals surface area (Å²) in [7, 11) is 0. The minimum atomic E-state index is -1.90. The zero-order chi connectivity index (χ0) is 15.2. The van der Waals surface area contributed by atoms with Gasteiger partial charge in [0, 0.05) is 11.3 Å². The minimum absolute atomic E-state index is 0.00394. The maximum absolute atomic E-state index is 12.2. The van der Waals surface area contributed by atoms with E-state index in [-0.39, 0.29) is 24.7 Å². The van der Waals surface area contributed by atoms with Crippen molar-refractivity contribution in [1.82, 2.24) is 0 Å². The highest BCUT2D eigenvalue weighted by atomic mass is 16.6. The van der Waals surface area contributed by atoms with Gasteiger partial charge in [0.1, 0.15) is 12.7 Å². The Kier molecular flexibility index (Phi) is 2.09. The monoisotopic (exact) mass is 292 g/mol. The molecule has 4 aliphatic rings. The van der Waals surface area contributed by atoms with Crippen LogP contribution in [0.3, 0.4) is 0 Å². The number of ether oxygens (including phenoxy) is 2. The Morgan fingerprint density at radius 3 is 2.76 bits per heavy atom. The predicted molar refractivity (Wildman–Crippen MR) is 67.8 cm³/mol. The quantitative estimate of drug-likeness (QED) is 0.638. The van der Waals surface area contributed by atoms with E-state index in [1.165, 1.54) is 6.08 Å². The summed E-state index contributed by atoms with van der Waals surface area (Å²) in [4.78, 5) is 36.3. The van der Waals surface area contributed by atoms with Gasteiger partial charge in [-0.3, -0.25) is 9.59 Å². The Balaban J connectivity index is 2.00. The fraction of sp³-hybridized carbons (Fsp3) is 0.667. The molecule has 2 aliphatic carbocycles. The van der Waals surface area contributed by atoms with Crippen LogP contribution in [0.15, 0.2) is 11.6 Å². The molecule has 6 nitrogen and oxygen atoms in total. The topological polar surface area (TPSA) is 89.9 Å². The molecule has 2 aliphatic heterocycles. The van der Waals surface area contributed by atoms with Gasteiger partial charge in [-0.25, -0.2) is 4.79 Å². The first-order chi connectivity index (χ1) is 9.75. The van der Waals surface area contributed by atoms with Gasteiger partial charge in [0.05, 0.1) is 11.8 Å². The van der Waals surface area contributed by atoms with Gasteiger partial charge in [-0.2, -0.15) is 0 Å². The van der Waals surface area contributed by atoms with Crippen LogP contribution in [0.5, 0.6) is 0 Å². The van der Waals surface area contributed by atoms with Gasteiger partial charge < -0.3 is 14.6 Å². The zero-order valence-corrected chi connectivity index (χ0v) is 11.8. The molecular formula is C15H16O6. The molecule has 0 amide bonds. The van der Waals surface area contributed by atoms with Crippen molar-refractivity contribution in [3.05, 3.63) is 11.6 Å². The Labute approximate surface area is 121 Å². The number of cyclic esters (lactones) is 1. The van der Waals surface area contributed by atoms with E-state index in [1.54, 1.807) is 13.8 Å². The summed E-state index contributed by atoms with van der Waals surface area (Å²) in [5, 5.41) is 11.0. The summed E-state index contributed by atoms with van der Waals surface area (Å²) in [6, 6.07) is 0. The molecule has 0 aromatic carbocycles. The highest BCUT2D eigenvalue weighted by molar-refractivity contribution is 5.99. The van der Waals surface area contributed by atoms with Crippen LogP contribution in [0.4, 0.5) is 0 Å². The summed E-state index contributed by atoms with van der Waals surface area (Å²) in [5.74, 6) is -1.66. The molecule has 0 aromatic heterocycles. The summed E-state index contributed by atoms with van der Waals surface area (Å²) in [6.07, 6.45) is 0.956. The maximum atomic E-state index is 12.2. The molecule has 5 atom stereocenters. The molecule has 0 radical (unpaired) electrons. The first kappa shape index (κ1) is 13.0. The standard InChI is InChI=1S/C15H16O6/c1-7-8(16)3-9-13(2)6-20-12(18)15(13,19)10-4-14(7,9)5-11(17)21-10/h3,7,10,19H,4-6H2,1-2H3/t7-,10-,13-,14+,15+/m0/s1. The van der Waals surface area contributed by atoms with E-state index in [2.05, 4.69) is 0 Å². The van der Waals surface area contributed by atoms with Crippen molar-refractivity contribution in [3.8, 4) is 0 Å². The molecule has 2 saturated heterocycles. The number of hydrogen-bond acceptors (Lipinski definition) is 6. The Morgan fingerprint density at radius 2 is 2.05 bits per heavy atom. The molecule has 2 bridgehead atoms. The van der Waals surface area contributed by atoms with Crippen LogP contribution in [0.25, 0.3) is 0 Å². The van der Waals surface area contributed by atoms with Crippen molar-refractivity contribution in [2.75, 3.05) is 6.61 Å². The SMILES string of the molecule is C[C@H]1C(=O)C=C2[C@]13CC(=O)O[C@@H](C3)[C@@]1(O)C(=O)OC[C@@]21C. The number of fused-ring (bicyclic) bond motifs is 4. The van der Waals surface area contributed by atoms with Crippen molar-refractivity contribution in [1.29, 1.82) is 0 Å². The maximum Gasteiger partial charge on any atom is 0.343 e. The lowest BCUT2D eigenvalue weighted by atomic mass is 9.50. The average molecular weight is 292 g/mol. The molecule has 0 unspecified atom stereocenters. The second kappa shape index (κ2) is 3.38. The second-order valence-electron chi connectivity index (χ2n) is 6.87. The van der Waals surface area contributed by atoms with Gasteiger partial charge >= 0.3 is 11.9 Å². The number of allylic oxidation sites excluding steroid dienone is 1. The molecule has 3 fully saturated rings. The van der Waals surface area contributed by atoms with Crippen LogP contribution >= 0.6 is 0 Å². The van der Waals surface area contributed by atoms with E-state index in [0.717, 1.165) is 0 Å². The summed E-state index contributed by atoms with van der Waals surface area (Å²) >= 11 is 0. The van der Waals surface area contributed by atoms with Crippen LogP contribution in [-0.2, 0) is 23.9 Å². The van der Waals surface area contributed by atoms with E-state index in [1.807, 2.05) is 0 Å². The Hall–Kier alpha value is -1.69. The highest BCUT2D eigenvalue weighted by Crippen LogP contribution is 2.66. The summed E-state index contributed by atoms with van der Waals surface area (Å²) in [5.41, 5.74) is -2.89. The van der Waals surface area contributed by atoms with Gasteiger partial charge in [0.15, 0.2) is 5.78 Å². The lowest BCUT2D eigenvalue weighted by molar-refractivity contribution is -0.213. The predicted octanol–water partition coefficient (Wildman–Crippen LogP) is 0.131. The van der Waals surface area contributed by atoms with Gasteiger partial charge in [-0.05, 0) is 25.0 Å². The first-order valence-electron chi connectivity index (χ1n) is 7.11. The molecule has 1 N–H and O–H groups in total. The fourth-order valence-electron chi connectivity index (χ4n) is 4.72. The van der Waals surface area contributed by atoms with Crippen LogP contribution < -0.4 is 0 Å². The summed E-state index contributed by atoms with van der Waals surface area (Å²) in [6.45, 7) is 3.52. The number of ketones is 1. The molecule has 112 valence electrons. The highest BCUT2D eigenvalue weighted by Gasteiger charge is 2.76.